The average molecular weight is 263 g/mol. The number of nitrogens with one attached hydrogen (secondary N) is 1. The molecule has 0 unspecified atom stereocenters. The fourth-order valence-electron chi connectivity index (χ4n) is 3.11. The van der Waals surface area contributed by atoms with Crippen molar-refractivity contribution in [3.8, 4) is 11.5 Å². The summed E-state index contributed by atoms with van der Waals surface area (Å²) < 4.78 is 0. The molecule has 0 bridgehead atoms. The Morgan fingerprint density at radius 3 is 2.68 bits per heavy atom. The van der Waals surface area contributed by atoms with E-state index in [1.54, 1.807) is 12.1 Å². The Bertz CT molecular complexity index is 431. The molecule has 3 N–H and O–H groups in total. The van der Waals surface area contributed by atoms with Crippen LogP contribution in [0.2, 0.25) is 0 Å². The number of unbranched alkanes of at least 4 members (excludes halogenated alkanes) is 1. The van der Waals surface area contributed by atoms with E-state index in [-0.39, 0.29) is 11.5 Å². The summed E-state index contributed by atoms with van der Waals surface area (Å²) in [6.45, 7) is 5.40. The molecule has 0 aromatic heterocycles. The van der Waals surface area contributed by atoms with Crippen LogP contribution in [0.3, 0.4) is 0 Å². The van der Waals surface area contributed by atoms with Gasteiger partial charge in [-0.05, 0) is 48.6 Å². The molecule has 0 spiro atoms. The average Bonchev–Trinajstić information content (AvgIpc) is 2.41. The number of phenolic OH excluding ortho intramolecular Hbond substituents is 2. The summed E-state index contributed by atoms with van der Waals surface area (Å²) in [5, 5.41) is 23.0. The molecule has 0 radical (unpaired) electrons. The van der Waals surface area contributed by atoms with Crippen molar-refractivity contribution in [2.75, 3.05) is 6.54 Å². The van der Waals surface area contributed by atoms with Gasteiger partial charge >= 0.3 is 0 Å². The largest absolute Gasteiger partial charge is 0.504 e. The van der Waals surface area contributed by atoms with E-state index in [9.17, 15) is 10.2 Å². The lowest BCUT2D eigenvalue weighted by molar-refractivity contribution is 0.310. The fourth-order valence-corrected chi connectivity index (χ4v) is 3.11. The highest BCUT2D eigenvalue weighted by atomic mass is 16.3. The molecule has 3 heteroatoms. The van der Waals surface area contributed by atoms with Gasteiger partial charge in [0.2, 0.25) is 0 Å². The van der Waals surface area contributed by atoms with Crippen LogP contribution in [0.15, 0.2) is 12.1 Å². The van der Waals surface area contributed by atoms with Crippen molar-refractivity contribution in [2.45, 2.75) is 52.0 Å². The van der Waals surface area contributed by atoms with E-state index < -0.39 is 0 Å². The van der Waals surface area contributed by atoms with E-state index in [1.807, 2.05) is 0 Å². The van der Waals surface area contributed by atoms with Crippen LogP contribution in [0.4, 0.5) is 0 Å². The molecule has 1 heterocycles. The molecule has 106 valence electrons. The molecular weight excluding hydrogens is 238 g/mol. The van der Waals surface area contributed by atoms with Gasteiger partial charge < -0.3 is 15.5 Å². The van der Waals surface area contributed by atoms with Gasteiger partial charge in [-0.25, -0.2) is 0 Å². The number of hydrogen-bond donors (Lipinski definition) is 3. The third-order valence-corrected chi connectivity index (χ3v) is 4.25. The molecule has 2 atom stereocenters. The van der Waals surface area contributed by atoms with E-state index in [4.69, 9.17) is 0 Å². The topological polar surface area (TPSA) is 52.5 Å². The molecule has 3 nitrogen and oxygen atoms in total. The van der Waals surface area contributed by atoms with Crippen molar-refractivity contribution in [1.29, 1.82) is 0 Å². The Morgan fingerprint density at radius 2 is 2.00 bits per heavy atom. The summed E-state index contributed by atoms with van der Waals surface area (Å²) in [5.41, 5.74) is 2.35. The van der Waals surface area contributed by atoms with E-state index in [0.717, 1.165) is 19.4 Å². The van der Waals surface area contributed by atoms with E-state index in [2.05, 4.69) is 19.2 Å². The maximum atomic E-state index is 9.75. The van der Waals surface area contributed by atoms with Gasteiger partial charge in [0.1, 0.15) is 0 Å². The summed E-state index contributed by atoms with van der Waals surface area (Å²) in [5.74, 6) is 0.599. The van der Waals surface area contributed by atoms with Crippen LogP contribution >= 0.6 is 0 Å². The van der Waals surface area contributed by atoms with Gasteiger partial charge in [0.25, 0.3) is 0 Å². The third kappa shape index (κ3) is 3.03. The Balaban J connectivity index is 2.27. The molecule has 1 aliphatic rings. The van der Waals surface area contributed by atoms with Gasteiger partial charge in [-0.3, -0.25) is 0 Å². The number of hydrogen-bond acceptors (Lipinski definition) is 3. The highest BCUT2D eigenvalue weighted by molar-refractivity contribution is 5.47. The smallest absolute Gasteiger partial charge is 0.157 e. The zero-order chi connectivity index (χ0) is 13.8. The monoisotopic (exact) mass is 263 g/mol. The second-order valence-corrected chi connectivity index (χ2v) is 5.53. The Labute approximate surface area is 115 Å². The molecule has 1 aliphatic heterocycles. The van der Waals surface area contributed by atoms with E-state index >= 15 is 0 Å². The molecule has 2 rings (SSSR count). The molecule has 0 amide bonds. The van der Waals surface area contributed by atoms with Crippen LogP contribution in [0.25, 0.3) is 0 Å². The lowest BCUT2D eigenvalue weighted by Gasteiger charge is -2.33. The first-order valence-electron chi connectivity index (χ1n) is 7.45. The molecule has 19 heavy (non-hydrogen) atoms. The minimum absolute atomic E-state index is 0.000932. The normalized spacial score (nSPS) is 20.0. The maximum Gasteiger partial charge on any atom is 0.157 e. The quantitative estimate of drug-likeness (QED) is 0.713. The van der Waals surface area contributed by atoms with Gasteiger partial charge in [-0.1, -0.05) is 33.1 Å². The summed E-state index contributed by atoms with van der Waals surface area (Å²) >= 11 is 0. The Hall–Kier alpha value is -1.22. The van der Waals surface area contributed by atoms with Crippen LogP contribution < -0.4 is 5.32 Å². The van der Waals surface area contributed by atoms with Crippen molar-refractivity contribution < 1.29 is 10.2 Å². The van der Waals surface area contributed by atoms with Crippen LogP contribution in [0.1, 0.15) is 56.7 Å². The summed E-state index contributed by atoms with van der Waals surface area (Å²) in [6, 6.07) is 3.79. The number of fused-ring (bicyclic) bond motifs is 1. The van der Waals surface area contributed by atoms with Crippen LogP contribution in [-0.4, -0.2) is 16.8 Å². The first kappa shape index (κ1) is 14.2. The highest BCUT2D eigenvalue weighted by Gasteiger charge is 2.27. The second-order valence-electron chi connectivity index (χ2n) is 5.53. The van der Waals surface area contributed by atoms with Crippen molar-refractivity contribution in [3.63, 3.8) is 0 Å². The molecule has 0 saturated carbocycles. The standard InChI is InChI=1S/C16H25NO2/c1-3-5-6-11(4-2)16-13-10-15(19)14(18)9-12(13)7-8-17-16/h9-11,16-19H,3-8H2,1-2H3/t11-,16-/m0/s1. The third-order valence-electron chi connectivity index (χ3n) is 4.25. The lowest BCUT2D eigenvalue weighted by Crippen LogP contribution is -2.34. The van der Waals surface area contributed by atoms with Gasteiger partial charge in [-0.15, -0.1) is 0 Å². The molecule has 1 aromatic rings. The fraction of sp³-hybridized carbons (Fsp3) is 0.625. The van der Waals surface area contributed by atoms with E-state index in [0.29, 0.717) is 12.0 Å². The van der Waals surface area contributed by atoms with Gasteiger partial charge in [0, 0.05) is 6.04 Å². The molecule has 0 aliphatic carbocycles. The van der Waals surface area contributed by atoms with Crippen molar-refractivity contribution in [1.82, 2.24) is 5.32 Å². The first-order chi connectivity index (χ1) is 9.17. The zero-order valence-electron chi connectivity index (χ0n) is 11.9. The lowest BCUT2D eigenvalue weighted by atomic mass is 9.82. The van der Waals surface area contributed by atoms with Crippen molar-refractivity contribution >= 4 is 0 Å². The SMILES string of the molecule is CCCC[C@H](CC)[C@@H]1NCCc2cc(O)c(O)cc21. The Morgan fingerprint density at radius 1 is 1.26 bits per heavy atom. The van der Waals surface area contributed by atoms with Crippen molar-refractivity contribution in [2.24, 2.45) is 5.92 Å². The molecular formula is C16H25NO2. The van der Waals surface area contributed by atoms with Crippen molar-refractivity contribution in [3.05, 3.63) is 23.3 Å². The van der Waals surface area contributed by atoms with E-state index in [1.165, 1.54) is 30.4 Å². The number of rotatable bonds is 5. The van der Waals surface area contributed by atoms with Gasteiger partial charge in [0.05, 0.1) is 0 Å². The molecule has 1 aromatic carbocycles. The summed E-state index contributed by atoms with van der Waals surface area (Å²) in [7, 11) is 0. The van der Waals surface area contributed by atoms with Crippen LogP contribution in [0, 0.1) is 5.92 Å². The Kier molecular flexibility index (Phi) is 4.70. The highest BCUT2D eigenvalue weighted by Crippen LogP contribution is 2.38. The minimum atomic E-state index is -0.00204. The zero-order valence-corrected chi connectivity index (χ0v) is 11.9. The molecule has 0 saturated heterocycles. The predicted octanol–water partition coefficient (Wildman–Crippen LogP) is 3.50. The predicted molar refractivity (Wildman–Crippen MR) is 77.5 cm³/mol. The summed E-state index contributed by atoms with van der Waals surface area (Å²) in [4.78, 5) is 0. The van der Waals surface area contributed by atoms with Crippen LogP contribution in [0.5, 0.6) is 11.5 Å². The second kappa shape index (κ2) is 6.29. The minimum Gasteiger partial charge on any atom is -0.504 e. The first-order valence-corrected chi connectivity index (χ1v) is 7.45. The van der Waals surface area contributed by atoms with Gasteiger partial charge in [-0.2, -0.15) is 0 Å². The van der Waals surface area contributed by atoms with Crippen LogP contribution in [-0.2, 0) is 6.42 Å². The summed E-state index contributed by atoms with van der Waals surface area (Å²) in [6.07, 6.45) is 5.74. The number of phenols is 2. The maximum absolute atomic E-state index is 9.75. The number of benzene rings is 1. The molecule has 0 fully saturated rings. The van der Waals surface area contributed by atoms with Gasteiger partial charge in [0.15, 0.2) is 11.5 Å². The number of aromatic hydroxyl groups is 2.